The molecule has 0 aliphatic rings. The highest BCUT2D eigenvalue weighted by atomic mass is 16.6. The van der Waals surface area contributed by atoms with E-state index in [4.69, 9.17) is 4.74 Å². The Hall–Kier alpha value is -0.730. The number of hydrogen-bond acceptors (Lipinski definition) is 2. The smallest absolute Gasteiger partial charge is 0.409 e. The minimum absolute atomic E-state index is 0.0917. The van der Waals surface area contributed by atoms with Crippen LogP contribution in [0, 0.1) is 0 Å². The molecule has 3 heteroatoms. The van der Waals surface area contributed by atoms with Crippen molar-refractivity contribution >= 4 is 6.09 Å². The van der Waals surface area contributed by atoms with E-state index in [1.54, 1.807) is 0 Å². The van der Waals surface area contributed by atoms with E-state index in [2.05, 4.69) is 20.8 Å². The summed E-state index contributed by atoms with van der Waals surface area (Å²) in [5, 5.41) is 0. The molecule has 1 amide bonds. The summed E-state index contributed by atoms with van der Waals surface area (Å²) in [5.41, 5.74) is 0. The molecule has 174 valence electrons. The molecule has 0 aromatic carbocycles. The van der Waals surface area contributed by atoms with Crippen molar-refractivity contribution in [3.05, 3.63) is 0 Å². The van der Waals surface area contributed by atoms with Crippen molar-refractivity contribution in [1.82, 2.24) is 4.90 Å². The maximum Gasteiger partial charge on any atom is 0.409 e. The van der Waals surface area contributed by atoms with Crippen LogP contribution in [0.5, 0.6) is 0 Å². The second kappa shape index (κ2) is 23.5. The lowest BCUT2D eigenvalue weighted by atomic mass is 10.1. The van der Waals surface area contributed by atoms with Crippen LogP contribution in [0.25, 0.3) is 0 Å². The van der Waals surface area contributed by atoms with Gasteiger partial charge < -0.3 is 9.64 Å². The highest BCUT2D eigenvalue weighted by molar-refractivity contribution is 5.67. The van der Waals surface area contributed by atoms with E-state index >= 15 is 0 Å². The van der Waals surface area contributed by atoms with Crippen LogP contribution in [0.4, 0.5) is 4.79 Å². The van der Waals surface area contributed by atoms with Gasteiger partial charge in [0.1, 0.15) is 0 Å². The normalized spacial score (nSPS) is 11.0. The van der Waals surface area contributed by atoms with Crippen LogP contribution in [0.2, 0.25) is 0 Å². The number of unbranched alkanes of at least 4 members (excludes halogenated alkanes) is 16. The van der Waals surface area contributed by atoms with E-state index in [0.717, 1.165) is 32.4 Å². The van der Waals surface area contributed by atoms with Gasteiger partial charge in [0.05, 0.1) is 6.61 Å². The Morgan fingerprint density at radius 2 is 0.862 bits per heavy atom. The van der Waals surface area contributed by atoms with E-state index in [9.17, 15) is 4.79 Å². The third-order valence-electron chi connectivity index (χ3n) is 5.75. The van der Waals surface area contributed by atoms with Crippen LogP contribution in [-0.4, -0.2) is 30.7 Å². The summed E-state index contributed by atoms with van der Waals surface area (Å²) < 4.78 is 5.41. The van der Waals surface area contributed by atoms with Gasteiger partial charge in [-0.3, -0.25) is 0 Å². The number of nitrogens with zero attached hydrogens (tertiary/aromatic N) is 1. The molecule has 0 rings (SSSR count). The minimum atomic E-state index is -0.0917. The van der Waals surface area contributed by atoms with Crippen molar-refractivity contribution < 1.29 is 9.53 Å². The van der Waals surface area contributed by atoms with Gasteiger partial charge in [0.2, 0.25) is 0 Å². The molecule has 0 aliphatic heterocycles. The monoisotopic (exact) mass is 411 g/mol. The Bertz CT molecular complexity index is 311. The zero-order valence-electron chi connectivity index (χ0n) is 20.3. The zero-order chi connectivity index (χ0) is 21.4. The topological polar surface area (TPSA) is 29.5 Å². The van der Waals surface area contributed by atoms with Crippen molar-refractivity contribution in [2.24, 2.45) is 0 Å². The van der Waals surface area contributed by atoms with Crippen LogP contribution in [0.15, 0.2) is 0 Å². The fourth-order valence-corrected chi connectivity index (χ4v) is 3.80. The highest BCUT2D eigenvalue weighted by Gasteiger charge is 2.13. The van der Waals surface area contributed by atoms with Gasteiger partial charge in [-0.2, -0.15) is 0 Å². The lowest BCUT2D eigenvalue weighted by molar-refractivity contribution is 0.101. The molecule has 0 N–H and O–H groups in total. The van der Waals surface area contributed by atoms with Gasteiger partial charge in [-0.15, -0.1) is 0 Å². The molecule has 0 aliphatic carbocycles. The molecule has 3 nitrogen and oxygen atoms in total. The maximum atomic E-state index is 12.3. The zero-order valence-corrected chi connectivity index (χ0v) is 20.3. The average molecular weight is 412 g/mol. The first-order chi connectivity index (χ1) is 14.3. The fourth-order valence-electron chi connectivity index (χ4n) is 3.80. The molecular formula is C26H53NO2. The van der Waals surface area contributed by atoms with E-state index in [1.807, 2.05) is 4.90 Å². The molecule has 0 aromatic rings. The van der Waals surface area contributed by atoms with Gasteiger partial charge >= 0.3 is 6.09 Å². The summed E-state index contributed by atoms with van der Waals surface area (Å²) in [6.45, 7) is 8.88. The lowest BCUT2D eigenvalue weighted by Gasteiger charge is -2.22. The van der Waals surface area contributed by atoms with Crippen molar-refractivity contribution in [3.63, 3.8) is 0 Å². The second-order valence-electron chi connectivity index (χ2n) is 8.76. The summed E-state index contributed by atoms with van der Waals surface area (Å²) in [6.07, 6.45) is 24.6. The third-order valence-corrected chi connectivity index (χ3v) is 5.75. The number of hydrogen-bond donors (Lipinski definition) is 0. The molecule has 0 saturated heterocycles. The Kier molecular flexibility index (Phi) is 23.0. The largest absolute Gasteiger partial charge is 0.449 e. The molecular weight excluding hydrogens is 358 g/mol. The summed E-state index contributed by atoms with van der Waals surface area (Å²) in [6, 6.07) is 0. The first kappa shape index (κ1) is 28.3. The number of amides is 1. The molecule has 0 aromatic heterocycles. The summed E-state index contributed by atoms with van der Waals surface area (Å²) in [4.78, 5) is 14.3. The Morgan fingerprint density at radius 1 is 0.517 bits per heavy atom. The van der Waals surface area contributed by atoms with E-state index in [-0.39, 0.29) is 6.09 Å². The van der Waals surface area contributed by atoms with Crippen molar-refractivity contribution in [2.45, 2.75) is 143 Å². The first-order valence-corrected chi connectivity index (χ1v) is 13.2. The van der Waals surface area contributed by atoms with Gasteiger partial charge in [-0.25, -0.2) is 4.79 Å². The Labute approximate surface area is 183 Å². The molecule has 0 spiro atoms. The van der Waals surface area contributed by atoms with Gasteiger partial charge in [0.25, 0.3) is 0 Å². The van der Waals surface area contributed by atoms with Crippen molar-refractivity contribution in [3.8, 4) is 0 Å². The van der Waals surface area contributed by atoms with Crippen molar-refractivity contribution in [2.75, 3.05) is 19.7 Å². The molecule has 0 saturated carbocycles. The number of carbonyl (C=O) groups excluding carboxylic acids is 1. The predicted octanol–water partition coefficient (Wildman–Crippen LogP) is 8.90. The van der Waals surface area contributed by atoms with Gasteiger partial charge in [0, 0.05) is 13.1 Å². The molecule has 0 unspecified atom stereocenters. The maximum absolute atomic E-state index is 12.3. The number of rotatable bonds is 22. The quantitative estimate of drug-likeness (QED) is 0.166. The van der Waals surface area contributed by atoms with Crippen LogP contribution in [-0.2, 0) is 4.74 Å². The minimum Gasteiger partial charge on any atom is -0.449 e. The predicted molar refractivity (Wildman–Crippen MR) is 128 cm³/mol. The molecule has 0 heterocycles. The lowest BCUT2D eigenvalue weighted by Crippen LogP contribution is -2.33. The molecule has 0 bridgehead atoms. The van der Waals surface area contributed by atoms with Crippen LogP contribution in [0.3, 0.4) is 0 Å². The van der Waals surface area contributed by atoms with Gasteiger partial charge in [-0.1, -0.05) is 124 Å². The third kappa shape index (κ3) is 20.3. The van der Waals surface area contributed by atoms with Gasteiger partial charge in [0.15, 0.2) is 0 Å². The van der Waals surface area contributed by atoms with Crippen LogP contribution in [0.1, 0.15) is 143 Å². The average Bonchev–Trinajstić information content (AvgIpc) is 2.73. The SMILES string of the molecule is CCCCCCCCCCCN(CCCCCCCCCCC)C(=O)OCCC. The molecule has 0 radical (unpaired) electrons. The fraction of sp³-hybridized carbons (Fsp3) is 0.962. The number of carbonyl (C=O) groups is 1. The Balaban J connectivity index is 3.83. The summed E-state index contributed by atoms with van der Waals surface area (Å²) in [5.74, 6) is 0. The van der Waals surface area contributed by atoms with Gasteiger partial charge in [-0.05, 0) is 19.3 Å². The standard InChI is InChI=1S/C26H53NO2/c1-4-7-9-11-13-15-17-19-21-23-27(26(28)29-25-6-3)24-22-20-18-16-14-12-10-8-5-2/h4-25H2,1-3H3. The van der Waals surface area contributed by atoms with E-state index in [0.29, 0.717) is 6.61 Å². The molecule has 0 fully saturated rings. The summed E-state index contributed by atoms with van der Waals surface area (Å²) >= 11 is 0. The number of ether oxygens (including phenoxy) is 1. The van der Waals surface area contributed by atoms with Crippen LogP contribution < -0.4 is 0 Å². The van der Waals surface area contributed by atoms with Crippen LogP contribution >= 0.6 is 0 Å². The second-order valence-corrected chi connectivity index (χ2v) is 8.76. The summed E-state index contributed by atoms with van der Waals surface area (Å²) in [7, 11) is 0. The molecule has 29 heavy (non-hydrogen) atoms. The Morgan fingerprint density at radius 3 is 1.21 bits per heavy atom. The first-order valence-electron chi connectivity index (χ1n) is 13.2. The van der Waals surface area contributed by atoms with E-state index in [1.165, 1.54) is 103 Å². The van der Waals surface area contributed by atoms with E-state index < -0.39 is 0 Å². The van der Waals surface area contributed by atoms with Crippen molar-refractivity contribution in [1.29, 1.82) is 0 Å². The molecule has 0 atom stereocenters. The highest BCUT2D eigenvalue weighted by Crippen LogP contribution is 2.12.